The lowest BCUT2D eigenvalue weighted by Crippen LogP contribution is -2.39. The highest BCUT2D eigenvalue weighted by Gasteiger charge is 2.21. The van der Waals surface area contributed by atoms with Gasteiger partial charge in [0, 0.05) is 38.2 Å². The van der Waals surface area contributed by atoms with Gasteiger partial charge in [-0.25, -0.2) is 4.79 Å². The van der Waals surface area contributed by atoms with Crippen molar-refractivity contribution in [2.24, 2.45) is 0 Å². The number of carbonyl (C=O) groups excluding carboxylic acids is 2. The fraction of sp³-hybridized carbons (Fsp3) is 0.621. The van der Waals surface area contributed by atoms with Gasteiger partial charge in [-0.3, -0.25) is 4.79 Å². The van der Waals surface area contributed by atoms with Crippen molar-refractivity contribution in [2.45, 2.75) is 84.7 Å². The number of nitrogens with zero attached hydrogens (tertiary/aromatic N) is 4. The van der Waals surface area contributed by atoms with Gasteiger partial charge in [0.05, 0.1) is 6.61 Å². The molecular formula is C29H44N6O4. The van der Waals surface area contributed by atoms with Crippen LogP contribution in [0.5, 0.6) is 6.01 Å². The molecule has 0 aliphatic carbocycles. The number of anilines is 1. The summed E-state index contributed by atoms with van der Waals surface area (Å²) >= 11 is 0. The van der Waals surface area contributed by atoms with Crippen molar-refractivity contribution in [2.75, 3.05) is 38.1 Å². The number of ether oxygens (including phenoxy) is 2. The van der Waals surface area contributed by atoms with Gasteiger partial charge in [-0.05, 0) is 64.7 Å². The SMILES string of the molecule is CCOc1nc2nc(n1)NCCCCCCCCN(C(=O)OC(C)(C)C)CCCNC(=O)c1ccc(cc1)C2. The summed E-state index contributed by atoms with van der Waals surface area (Å²) in [7, 11) is 0. The first-order valence-electron chi connectivity index (χ1n) is 14.2. The fourth-order valence-electron chi connectivity index (χ4n) is 4.24. The lowest BCUT2D eigenvalue weighted by Gasteiger charge is -2.27. The lowest BCUT2D eigenvalue weighted by atomic mass is 10.1. The minimum absolute atomic E-state index is 0.144. The molecule has 214 valence electrons. The van der Waals surface area contributed by atoms with Gasteiger partial charge in [-0.2, -0.15) is 15.0 Å². The van der Waals surface area contributed by atoms with E-state index >= 15 is 0 Å². The molecule has 0 atom stereocenters. The van der Waals surface area contributed by atoms with Crippen molar-refractivity contribution in [1.29, 1.82) is 0 Å². The number of benzene rings is 1. The number of fused-ring (bicyclic) bond motifs is 16. The molecule has 1 aromatic heterocycles. The molecule has 2 amide bonds. The molecule has 10 nitrogen and oxygen atoms in total. The Morgan fingerprint density at radius 1 is 0.897 bits per heavy atom. The number of rotatable bonds is 2. The fourth-order valence-corrected chi connectivity index (χ4v) is 4.24. The summed E-state index contributed by atoms with van der Waals surface area (Å²) in [6, 6.07) is 7.73. The second-order valence-corrected chi connectivity index (χ2v) is 10.8. The predicted molar refractivity (Wildman–Crippen MR) is 151 cm³/mol. The molecule has 0 spiro atoms. The average Bonchev–Trinajstić information content (AvgIpc) is 2.87. The number of hydrogen-bond acceptors (Lipinski definition) is 8. The van der Waals surface area contributed by atoms with Crippen LogP contribution in [0.25, 0.3) is 0 Å². The van der Waals surface area contributed by atoms with Crippen LogP contribution < -0.4 is 15.4 Å². The van der Waals surface area contributed by atoms with E-state index in [0.29, 0.717) is 62.4 Å². The molecule has 2 aliphatic heterocycles. The molecule has 0 radical (unpaired) electrons. The van der Waals surface area contributed by atoms with Gasteiger partial charge < -0.3 is 25.0 Å². The highest BCUT2D eigenvalue weighted by Crippen LogP contribution is 2.15. The number of amides is 2. The van der Waals surface area contributed by atoms with Crippen LogP contribution in [0.4, 0.5) is 10.7 Å². The van der Waals surface area contributed by atoms with Crippen molar-refractivity contribution in [3.8, 4) is 6.01 Å². The molecule has 2 aromatic rings. The molecule has 2 aliphatic rings. The van der Waals surface area contributed by atoms with Crippen LogP contribution in [-0.2, 0) is 11.2 Å². The third-order valence-corrected chi connectivity index (χ3v) is 6.19. The standard InChI is InChI=1S/C29H44N6O4/c1-5-38-27-33-24-21-22-13-15-23(16-14-22)25(36)30-18-12-20-35(28(37)39-29(2,3)4)19-11-9-7-6-8-10-17-31-26(32-24)34-27/h13-16H,5-12,17-21H2,1-4H3,(H,30,36)(H,31,32,33,34). The summed E-state index contributed by atoms with van der Waals surface area (Å²) in [5.74, 6) is 0.982. The summed E-state index contributed by atoms with van der Waals surface area (Å²) in [6.45, 7) is 10.4. The van der Waals surface area contributed by atoms with Crippen LogP contribution in [0, 0.1) is 0 Å². The van der Waals surface area contributed by atoms with E-state index in [0.717, 1.165) is 50.6 Å². The molecule has 1 aromatic carbocycles. The van der Waals surface area contributed by atoms with Crippen molar-refractivity contribution in [3.63, 3.8) is 0 Å². The van der Waals surface area contributed by atoms with Crippen LogP contribution in [0.3, 0.4) is 0 Å². The first kappa shape index (κ1) is 30.1. The minimum Gasteiger partial charge on any atom is -0.464 e. The van der Waals surface area contributed by atoms with Crippen LogP contribution in [0.15, 0.2) is 24.3 Å². The van der Waals surface area contributed by atoms with Crippen molar-refractivity contribution in [3.05, 3.63) is 41.2 Å². The maximum Gasteiger partial charge on any atom is 0.410 e. The van der Waals surface area contributed by atoms with Gasteiger partial charge in [0.25, 0.3) is 5.91 Å². The zero-order valence-corrected chi connectivity index (χ0v) is 23.9. The Labute approximate surface area is 232 Å². The normalized spacial score (nSPS) is 16.6. The molecule has 39 heavy (non-hydrogen) atoms. The Morgan fingerprint density at radius 3 is 2.28 bits per heavy atom. The van der Waals surface area contributed by atoms with Gasteiger partial charge in [0.15, 0.2) is 0 Å². The zero-order chi connectivity index (χ0) is 28.1. The molecule has 4 bridgehead atoms. The Bertz CT molecular complexity index is 1050. The van der Waals surface area contributed by atoms with E-state index in [1.807, 2.05) is 39.8 Å². The second kappa shape index (κ2) is 15.2. The average molecular weight is 541 g/mol. The zero-order valence-electron chi connectivity index (χ0n) is 23.9. The largest absolute Gasteiger partial charge is 0.464 e. The molecule has 0 fully saturated rings. The van der Waals surface area contributed by atoms with E-state index in [1.54, 1.807) is 17.0 Å². The van der Waals surface area contributed by atoms with Crippen LogP contribution >= 0.6 is 0 Å². The Kier molecular flexibility index (Phi) is 11.8. The van der Waals surface area contributed by atoms with Crippen LogP contribution in [0.1, 0.15) is 94.4 Å². The monoisotopic (exact) mass is 540 g/mol. The first-order valence-corrected chi connectivity index (χ1v) is 14.2. The number of carbonyl (C=O) groups is 2. The molecular weight excluding hydrogens is 496 g/mol. The van der Waals surface area contributed by atoms with Crippen LogP contribution in [-0.4, -0.2) is 70.2 Å². The molecule has 3 heterocycles. The number of nitrogens with one attached hydrogen (secondary N) is 2. The van der Waals surface area contributed by atoms with Gasteiger partial charge in [0.2, 0.25) is 5.95 Å². The third kappa shape index (κ3) is 11.1. The third-order valence-electron chi connectivity index (χ3n) is 6.19. The summed E-state index contributed by atoms with van der Waals surface area (Å²) in [5.41, 5.74) is 1.02. The molecule has 0 unspecified atom stereocenters. The van der Waals surface area contributed by atoms with Gasteiger partial charge in [-0.1, -0.05) is 37.8 Å². The van der Waals surface area contributed by atoms with E-state index in [9.17, 15) is 9.59 Å². The predicted octanol–water partition coefficient (Wildman–Crippen LogP) is 4.98. The molecule has 4 rings (SSSR count). The van der Waals surface area contributed by atoms with Crippen molar-refractivity contribution in [1.82, 2.24) is 25.2 Å². The van der Waals surface area contributed by atoms with Gasteiger partial charge in [0.1, 0.15) is 11.4 Å². The summed E-state index contributed by atoms with van der Waals surface area (Å²) < 4.78 is 11.2. The smallest absolute Gasteiger partial charge is 0.410 e. The second-order valence-electron chi connectivity index (χ2n) is 10.8. The highest BCUT2D eigenvalue weighted by molar-refractivity contribution is 5.94. The van der Waals surface area contributed by atoms with E-state index < -0.39 is 5.60 Å². The maximum absolute atomic E-state index is 12.8. The molecule has 0 saturated heterocycles. The van der Waals surface area contributed by atoms with Gasteiger partial charge >= 0.3 is 12.1 Å². The Balaban J connectivity index is 1.68. The molecule has 10 heteroatoms. The van der Waals surface area contributed by atoms with Crippen molar-refractivity contribution < 1.29 is 19.1 Å². The Hall–Kier alpha value is -3.43. The number of aromatic nitrogens is 3. The van der Waals surface area contributed by atoms with E-state index in [4.69, 9.17) is 9.47 Å². The van der Waals surface area contributed by atoms with Crippen LogP contribution in [0.2, 0.25) is 0 Å². The summed E-state index contributed by atoms with van der Waals surface area (Å²) in [5, 5.41) is 6.27. The summed E-state index contributed by atoms with van der Waals surface area (Å²) in [6.07, 6.45) is 7.18. The first-order chi connectivity index (χ1) is 18.7. The quantitative estimate of drug-likeness (QED) is 0.547. The van der Waals surface area contributed by atoms with Crippen molar-refractivity contribution >= 4 is 17.9 Å². The highest BCUT2D eigenvalue weighted by atomic mass is 16.6. The minimum atomic E-state index is -0.544. The van der Waals surface area contributed by atoms with E-state index in [2.05, 4.69) is 25.6 Å². The summed E-state index contributed by atoms with van der Waals surface area (Å²) in [4.78, 5) is 40.6. The topological polar surface area (TPSA) is 119 Å². The van der Waals surface area contributed by atoms with E-state index in [1.165, 1.54) is 0 Å². The molecule has 2 N–H and O–H groups in total. The molecule has 0 saturated carbocycles. The maximum atomic E-state index is 12.8. The Morgan fingerprint density at radius 2 is 1.56 bits per heavy atom. The number of hydrogen-bond donors (Lipinski definition) is 2. The van der Waals surface area contributed by atoms with Gasteiger partial charge in [-0.15, -0.1) is 0 Å². The lowest BCUT2D eigenvalue weighted by molar-refractivity contribution is 0.0245. The van der Waals surface area contributed by atoms with E-state index in [-0.39, 0.29) is 12.0 Å².